The Morgan fingerprint density at radius 2 is 2.08 bits per heavy atom. The van der Waals surface area contributed by atoms with E-state index in [4.69, 9.17) is 21.1 Å². The number of halogens is 1. The van der Waals surface area contributed by atoms with E-state index in [-0.39, 0.29) is 6.10 Å². The lowest BCUT2D eigenvalue weighted by molar-refractivity contribution is 0.230. The van der Waals surface area contributed by atoms with Crippen molar-refractivity contribution in [2.45, 2.75) is 20.0 Å². The molecule has 6 heteroatoms. The van der Waals surface area contributed by atoms with Crippen molar-refractivity contribution in [1.82, 2.24) is 9.97 Å². The fourth-order valence-electron chi connectivity index (χ4n) is 2.57. The predicted molar refractivity (Wildman–Crippen MR) is 103 cm³/mol. The van der Waals surface area contributed by atoms with Gasteiger partial charge < -0.3 is 14.5 Å². The minimum absolute atomic E-state index is 0.0343. The number of rotatable bonds is 5. The molecule has 3 rings (SSSR count). The van der Waals surface area contributed by atoms with Gasteiger partial charge in [0.15, 0.2) is 11.5 Å². The Morgan fingerprint density at radius 1 is 1.31 bits per heavy atom. The molecule has 26 heavy (non-hydrogen) atoms. The van der Waals surface area contributed by atoms with Gasteiger partial charge in [0.05, 0.1) is 34.8 Å². The number of methoxy groups -OCH3 is 1. The number of hydrogen-bond donors (Lipinski definition) is 1. The molecule has 0 radical (unpaired) electrons. The van der Waals surface area contributed by atoms with Gasteiger partial charge in [-0.3, -0.25) is 0 Å². The average molecular weight is 368 g/mol. The molecule has 5 nitrogen and oxygen atoms in total. The van der Waals surface area contributed by atoms with Crippen LogP contribution in [0.2, 0.25) is 5.02 Å². The van der Waals surface area contributed by atoms with Gasteiger partial charge >= 0.3 is 0 Å². The SMILES string of the molecule is COc1cc(/C=C(/C#N)c2nc3ccccc3[nH]2)cc(Cl)c1OC(C)C. The maximum absolute atomic E-state index is 9.57. The van der Waals surface area contributed by atoms with Crippen LogP contribution in [0.15, 0.2) is 36.4 Å². The molecular weight excluding hydrogens is 350 g/mol. The van der Waals surface area contributed by atoms with Crippen molar-refractivity contribution >= 4 is 34.3 Å². The second kappa shape index (κ2) is 7.51. The number of nitrogens with one attached hydrogen (secondary N) is 1. The van der Waals surface area contributed by atoms with Crippen LogP contribution in [0.1, 0.15) is 25.2 Å². The summed E-state index contributed by atoms with van der Waals surface area (Å²) in [6, 6.07) is 13.3. The van der Waals surface area contributed by atoms with Crippen molar-refractivity contribution in [2.24, 2.45) is 0 Å². The molecule has 1 heterocycles. The maximum atomic E-state index is 9.57. The zero-order valence-electron chi connectivity index (χ0n) is 14.7. The van der Waals surface area contributed by atoms with Crippen LogP contribution in [0.3, 0.4) is 0 Å². The normalized spacial score (nSPS) is 11.6. The molecule has 0 unspecified atom stereocenters. The highest BCUT2D eigenvalue weighted by Gasteiger charge is 2.14. The highest BCUT2D eigenvalue weighted by molar-refractivity contribution is 6.32. The van der Waals surface area contributed by atoms with Crippen LogP contribution in [0.4, 0.5) is 0 Å². The van der Waals surface area contributed by atoms with Gasteiger partial charge in [-0.05, 0) is 49.8 Å². The summed E-state index contributed by atoms with van der Waals surface area (Å²) in [7, 11) is 1.55. The number of ether oxygens (including phenoxy) is 2. The lowest BCUT2D eigenvalue weighted by Crippen LogP contribution is -2.07. The minimum Gasteiger partial charge on any atom is -0.493 e. The summed E-state index contributed by atoms with van der Waals surface area (Å²) in [5.74, 6) is 1.51. The molecule has 0 saturated carbocycles. The van der Waals surface area contributed by atoms with E-state index in [2.05, 4.69) is 16.0 Å². The molecule has 0 spiro atoms. The topological polar surface area (TPSA) is 70.9 Å². The summed E-state index contributed by atoms with van der Waals surface area (Å²) >= 11 is 6.35. The fourth-order valence-corrected chi connectivity index (χ4v) is 2.84. The molecule has 0 bridgehead atoms. The molecular formula is C20H18ClN3O2. The van der Waals surface area contributed by atoms with Crippen molar-refractivity contribution in [1.29, 1.82) is 5.26 Å². The number of para-hydroxylation sites is 2. The van der Waals surface area contributed by atoms with E-state index in [1.807, 2.05) is 38.1 Å². The molecule has 2 aromatic carbocycles. The zero-order chi connectivity index (χ0) is 18.7. The van der Waals surface area contributed by atoms with Crippen LogP contribution >= 0.6 is 11.6 Å². The molecule has 132 valence electrons. The third-order valence-corrected chi connectivity index (χ3v) is 3.96. The number of benzene rings is 2. The highest BCUT2D eigenvalue weighted by Crippen LogP contribution is 2.38. The number of hydrogen-bond acceptors (Lipinski definition) is 4. The molecule has 0 saturated heterocycles. The van der Waals surface area contributed by atoms with Crippen molar-refractivity contribution < 1.29 is 9.47 Å². The first kappa shape index (κ1) is 17.8. The number of H-pyrrole nitrogens is 1. The van der Waals surface area contributed by atoms with E-state index in [0.29, 0.717) is 27.9 Å². The molecule has 0 aliphatic rings. The van der Waals surface area contributed by atoms with Gasteiger partial charge in [-0.1, -0.05) is 23.7 Å². The van der Waals surface area contributed by atoms with E-state index >= 15 is 0 Å². The summed E-state index contributed by atoms with van der Waals surface area (Å²) in [6.07, 6.45) is 1.68. The van der Waals surface area contributed by atoms with E-state index in [1.54, 1.807) is 25.3 Å². The Hall–Kier alpha value is -2.97. The highest BCUT2D eigenvalue weighted by atomic mass is 35.5. The maximum Gasteiger partial charge on any atom is 0.180 e. The van der Waals surface area contributed by atoms with E-state index in [0.717, 1.165) is 16.6 Å². The van der Waals surface area contributed by atoms with Crippen molar-refractivity contribution in [3.63, 3.8) is 0 Å². The molecule has 0 aliphatic carbocycles. The lowest BCUT2D eigenvalue weighted by atomic mass is 10.1. The van der Waals surface area contributed by atoms with E-state index < -0.39 is 0 Å². The molecule has 1 aromatic heterocycles. The Morgan fingerprint density at radius 3 is 2.73 bits per heavy atom. The number of nitriles is 1. The average Bonchev–Trinajstić information content (AvgIpc) is 3.05. The number of nitrogens with zero attached hydrogens (tertiary/aromatic N) is 2. The van der Waals surface area contributed by atoms with Gasteiger partial charge in [-0.25, -0.2) is 4.98 Å². The van der Waals surface area contributed by atoms with E-state index in [9.17, 15) is 5.26 Å². The minimum atomic E-state index is -0.0343. The lowest BCUT2D eigenvalue weighted by Gasteiger charge is -2.15. The van der Waals surface area contributed by atoms with Gasteiger partial charge in [0.1, 0.15) is 11.9 Å². The van der Waals surface area contributed by atoms with Gasteiger partial charge in [0, 0.05) is 0 Å². The van der Waals surface area contributed by atoms with Crippen LogP contribution in [0.25, 0.3) is 22.7 Å². The van der Waals surface area contributed by atoms with Gasteiger partial charge in [0.25, 0.3) is 0 Å². The standard InChI is InChI=1S/C20H18ClN3O2/c1-12(2)26-19-15(21)9-13(10-18(19)25-3)8-14(11-22)20-23-16-6-4-5-7-17(16)24-20/h4-10,12H,1-3H3,(H,23,24)/b14-8-. The summed E-state index contributed by atoms with van der Waals surface area (Å²) in [4.78, 5) is 7.62. The van der Waals surface area contributed by atoms with Crippen molar-refractivity contribution in [2.75, 3.05) is 7.11 Å². The molecule has 0 aliphatic heterocycles. The first-order valence-electron chi connectivity index (χ1n) is 8.13. The largest absolute Gasteiger partial charge is 0.493 e. The number of allylic oxidation sites excluding steroid dienone is 1. The van der Waals surface area contributed by atoms with Crippen LogP contribution in [-0.4, -0.2) is 23.2 Å². The monoisotopic (exact) mass is 367 g/mol. The number of aromatic nitrogens is 2. The van der Waals surface area contributed by atoms with Crippen LogP contribution in [0.5, 0.6) is 11.5 Å². The smallest absolute Gasteiger partial charge is 0.180 e. The van der Waals surface area contributed by atoms with Crippen LogP contribution in [-0.2, 0) is 0 Å². The Bertz CT molecular complexity index is 983. The molecule has 0 fully saturated rings. The summed E-state index contributed by atoms with van der Waals surface area (Å²) in [5.41, 5.74) is 2.80. The number of fused-ring (bicyclic) bond motifs is 1. The van der Waals surface area contributed by atoms with Crippen molar-refractivity contribution in [3.05, 3.63) is 52.8 Å². The predicted octanol–water partition coefficient (Wildman–Crippen LogP) is 5.08. The van der Waals surface area contributed by atoms with E-state index in [1.165, 1.54) is 0 Å². The second-order valence-electron chi connectivity index (χ2n) is 5.97. The third-order valence-electron chi connectivity index (χ3n) is 3.68. The van der Waals surface area contributed by atoms with Crippen LogP contribution in [0, 0.1) is 11.3 Å². The van der Waals surface area contributed by atoms with Crippen LogP contribution < -0.4 is 9.47 Å². The first-order chi connectivity index (χ1) is 12.5. The number of aromatic amines is 1. The summed E-state index contributed by atoms with van der Waals surface area (Å²) in [6.45, 7) is 3.83. The summed E-state index contributed by atoms with van der Waals surface area (Å²) < 4.78 is 11.1. The summed E-state index contributed by atoms with van der Waals surface area (Å²) in [5, 5.41) is 9.99. The van der Waals surface area contributed by atoms with Gasteiger partial charge in [-0.2, -0.15) is 5.26 Å². The van der Waals surface area contributed by atoms with Crippen molar-refractivity contribution in [3.8, 4) is 17.6 Å². The van der Waals surface area contributed by atoms with Gasteiger partial charge in [-0.15, -0.1) is 0 Å². The quantitative estimate of drug-likeness (QED) is 0.638. The Kier molecular flexibility index (Phi) is 5.15. The molecule has 1 N–H and O–H groups in total. The molecule has 3 aromatic rings. The zero-order valence-corrected chi connectivity index (χ0v) is 15.5. The fraction of sp³-hybridized carbons (Fsp3) is 0.200. The third kappa shape index (κ3) is 3.66. The van der Waals surface area contributed by atoms with Gasteiger partial charge in [0.2, 0.25) is 0 Å². The number of imidazole rings is 1. The Labute approximate surface area is 156 Å². The second-order valence-corrected chi connectivity index (χ2v) is 6.38. The first-order valence-corrected chi connectivity index (χ1v) is 8.50. The Balaban J connectivity index is 2.04. The molecule has 0 amide bonds. The molecule has 0 atom stereocenters.